The van der Waals surface area contributed by atoms with Crippen LogP contribution in [0.15, 0.2) is 50.7 Å². The van der Waals surface area contributed by atoms with Gasteiger partial charge in [0, 0.05) is 29.3 Å². The van der Waals surface area contributed by atoms with Crippen LogP contribution in [0, 0.1) is 11.6 Å². The number of aryl methyl sites for hydroxylation is 1. The largest absolute Gasteiger partial charge is 0.317 e. The average Bonchev–Trinajstić information content (AvgIpc) is 2.50. The lowest BCUT2D eigenvalue weighted by Crippen LogP contribution is -2.28. The third-order valence-electron chi connectivity index (χ3n) is 3.60. The van der Waals surface area contributed by atoms with Crippen LogP contribution in [0.4, 0.5) is 8.78 Å². The first-order valence-corrected chi connectivity index (χ1v) is 7.50. The Morgan fingerprint density at radius 2 is 1.83 bits per heavy atom. The molecule has 3 rings (SSSR count). The molecule has 0 spiro atoms. The molecule has 1 aromatic carbocycles. The van der Waals surface area contributed by atoms with Crippen LogP contribution in [0.5, 0.6) is 0 Å². The molecule has 0 N–H and O–H groups in total. The predicted molar refractivity (Wildman–Crippen MR) is 86.6 cm³/mol. The summed E-state index contributed by atoms with van der Waals surface area (Å²) in [5.41, 5.74) is -0.459. The van der Waals surface area contributed by atoms with E-state index in [-0.39, 0.29) is 11.9 Å². The van der Waals surface area contributed by atoms with Gasteiger partial charge in [0.1, 0.15) is 5.39 Å². The van der Waals surface area contributed by atoms with Crippen molar-refractivity contribution in [3.05, 3.63) is 79.0 Å². The number of fused-ring (bicyclic) bond motifs is 1. The van der Waals surface area contributed by atoms with Crippen molar-refractivity contribution >= 4 is 26.7 Å². The number of hydrogen-bond donors (Lipinski definition) is 0. The number of nitrogens with zero attached hydrogens (tertiary/aromatic N) is 2. The zero-order valence-electron chi connectivity index (χ0n) is 12.0. The lowest BCUT2D eigenvalue weighted by atomic mass is 10.2. The average molecular weight is 381 g/mol. The molecule has 0 amide bonds. The Morgan fingerprint density at radius 1 is 1.09 bits per heavy atom. The molecule has 0 aliphatic carbocycles. The molecule has 0 bridgehead atoms. The number of pyridine rings is 2. The van der Waals surface area contributed by atoms with E-state index in [4.69, 9.17) is 0 Å². The van der Waals surface area contributed by atoms with Gasteiger partial charge in [-0.05, 0) is 39.7 Å². The van der Waals surface area contributed by atoms with Crippen molar-refractivity contribution in [3.8, 4) is 0 Å². The minimum absolute atomic E-state index is 0.0433. The van der Waals surface area contributed by atoms with Crippen LogP contribution in [0.3, 0.4) is 0 Å². The smallest absolute Gasteiger partial charge is 0.264 e. The van der Waals surface area contributed by atoms with E-state index in [0.717, 1.165) is 12.1 Å². The number of halogens is 3. The van der Waals surface area contributed by atoms with Crippen LogP contribution in [0.25, 0.3) is 10.8 Å². The van der Waals surface area contributed by atoms with Gasteiger partial charge in [-0.3, -0.25) is 9.59 Å². The maximum Gasteiger partial charge on any atom is 0.264 e. The van der Waals surface area contributed by atoms with Crippen LogP contribution in [-0.2, 0) is 13.6 Å². The van der Waals surface area contributed by atoms with Gasteiger partial charge in [-0.15, -0.1) is 0 Å². The van der Waals surface area contributed by atoms with Crippen LogP contribution in [-0.4, -0.2) is 9.13 Å². The minimum atomic E-state index is -0.977. The van der Waals surface area contributed by atoms with E-state index >= 15 is 0 Å². The summed E-state index contributed by atoms with van der Waals surface area (Å²) in [6.45, 7) is 0.0433. The summed E-state index contributed by atoms with van der Waals surface area (Å²) in [7, 11) is 1.55. The van der Waals surface area contributed by atoms with Crippen molar-refractivity contribution in [3.63, 3.8) is 0 Å². The summed E-state index contributed by atoms with van der Waals surface area (Å²) >= 11 is 3.33. The Balaban J connectivity index is 2.18. The van der Waals surface area contributed by atoms with Crippen LogP contribution < -0.4 is 11.1 Å². The molecule has 2 aromatic heterocycles. The molecular formula is C16H11BrF2N2O2. The molecule has 3 aromatic rings. The first-order chi connectivity index (χ1) is 10.9. The first-order valence-electron chi connectivity index (χ1n) is 6.70. The fraction of sp³-hybridized carbons (Fsp3) is 0.125. The third-order valence-corrected chi connectivity index (χ3v) is 4.23. The summed E-state index contributed by atoms with van der Waals surface area (Å²) in [5, 5.41) is 0.562. The standard InChI is InChI=1S/C16H11BrF2N2O2/c1-20-8-11(17)10-4-5-21(16(23)14(10)15(20)22)7-9-2-3-12(18)13(19)6-9/h2-6,8H,7H2,1H3. The third kappa shape index (κ3) is 2.72. The second kappa shape index (κ2) is 5.73. The Bertz CT molecular complexity index is 1040. The Hall–Kier alpha value is -2.28. The van der Waals surface area contributed by atoms with E-state index in [1.165, 1.54) is 21.4 Å². The molecule has 4 nitrogen and oxygen atoms in total. The summed E-state index contributed by atoms with van der Waals surface area (Å²) < 4.78 is 29.5. The van der Waals surface area contributed by atoms with Crippen LogP contribution >= 0.6 is 15.9 Å². The molecule has 0 unspecified atom stereocenters. The highest BCUT2D eigenvalue weighted by atomic mass is 79.9. The highest BCUT2D eigenvalue weighted by Crippen LogP contribution is 2.18. The number of aromatic nitrogens is 2. The first kappa shape index (κ1) is 15.6. The molecule has 0 aliphatic rings. The Kier molecular flexibility index (Phi) is 3.89. The number of benzene rings is 1. The van der Waals surface area contributed by atoms with Gasteiger partial charge in [-0.1, -0.05) is 6.07 Å². The van der Waals surface area contributed by atoms with E-state index in [1.54, 1.807) is 19.3 Å². The van der Waals surface area contributed by atoms with Gasteiger partial charge in [-0.2, -0.15) is 0 Å². The van der Waals surface area contributed by atoms with E-state index in [9.17, 15) is 18.4 Å². The predicted octanol–water partition coefficient (Wildman–Crippen LogP) is 2.79. The Labute approximate surface area is 137 Å². The lowest BCUT2D eigenvalue weighted by Gasteiger charge is -2.09. The van der Waals surface area contributed by atoms with E-state index < -0.39 is 22.8 Å². The molecule has 2 heterocycles. The molecule has 23 heavy (non-hydrogen) atoms. The van der Waals surface area contributed by atoms with Crippen LogP contribution in [0.2, 0.25) is 0 Å². The van der Waals surface area contributed by atoms with Crippen molar-refractivity contribution < 1.29 is 8.78 Å². The quantitative estimate of drug-likeness (QED) is 0.686. The minimum Gasteiger partial charge on any atom is -0.317 e. The molecule has 0 fully saturated rings. The van der Waals surface area contributed by atoms with Gasteiger partial charge in [0.25, 0.3) is 11.1 Å². The molecule has 0 saturated heterocycles. The molecule has 0 radical (unpaired) electrons. The summed E-state index contributed by atoms with van der Waals surface area (Å²) in [6.07, 6.45) is 3.11. The molecule has 7 heteroatoms. The van der Waals surface area contributed by atoms with Crippen molar-refractivity contribution in [2.24, 2.45) is 7.05 Å². The van der Waals surface area contributed by atoms with E-state index in [0.29, 0.717) is 15.4 Å². The highest BCUT2D eigenvalue weighted by molar-refractivity contribution is 9.10. The van der Waals surface area contributed by atoms with Crippen molar-refractivity contribution in [1.82, 2.24) is 9.13 Å². The van der Waals surface area contributed by atoms with Gasteiger partial charge in [0.05, 0.1) is 6.54 Å². The molecule has 118 valence electrons. The molecular weight excluding hydrogens is 370 g/mol. The van der Waals surface area contributed by atoms with E-state index in [2.05, 4.69) is 15.9 Å². The summed E-state index contributed by atoms with van der Waals surface area (Å²) in [6, 6.07) is 5.08. The fourth-order valence-corrected chi connectivity index (χ4v) is 3.05. The van der Waals surface area contributed by atoms with Gasteiger partial charge >= 0.3 is 0 Å². The van der Waals surface area contributed by atoms with Crippen LogP contribution in [0.1, 0.15) is 5.56 Å². The van der Waals surface area contributed by atoms with Gasteiger partial charge < -0.3 is 9.13 Å². The zero-order valence-corrected chi connectivity index (χ0v) is 13.6. The van der Waals surface area contributed by atoms with Crippen molar-refractivity contribution in [2.45, 2.75) is 6.54 Å². The SMILES string of the molecule is Cn1cc(Br)c2ccn(Cc3ccc(F)c(F)c3)c(=O)c2c1=O. The monoisotopic (exact) mass is 380 g/mol. The molecule has 0 aliphatic heterocycles. The normalized spacial score (nSPS) is 11.1. The lowest BCUT2D eigenvalue weighted by molar-refractivity contribution is 0.506. The maximum absolute atomic E-state index is 13.3. The van der Waals surface area contributed by atoms with E-state index in [1.807, 2.05) is 0 Å². The highest BCUT2D eigenvalue weighted by Gasteiger charge is 2.12. The Morgan fingerprint density at radius 3 is 2.52 bits per heavy atom. The fourth-order valence-electron chi connectivity index (χ4n) is 2.41. The summed E-state index contributed by atoms with van der Waals surface area (Å²) in [4.78, 5) is 24.8. The van der Waals surface area contributed by atoms with Crippen molar-refractivity contribution in [1.29, 1.82) is 0 Å². The topological polar surface area (TPSA) is 44.0 Å². The molecule has 0 saturated carbocycles. The molecule has 0 atom stereocenters. The zero-order chi connectivity index (χ0) is 16.7. The second-order valence-electron chi connectivity index (χ2n) is 5.18. The summed E-state index contributed by atoms with van der Waals surface area (Å²) in [5.74, 6) is -1.92. The number of rotatable bonds is 2. The maximum atomic E-state index is 13.3. The number of hydrogen-bond acceptors (Lipinski definition) is 2. The second-order valence-corrected chi connectivity index (χ2v) is 6.03. The van der Waals surface area contributed by atoms with Gasteiger partial charge in [-0.25, -0.2) is 8.78 Å². The van der Waals surface area contributed by atoms with Gasteiger partial charge in [0.15, 0.2) is 11.6 Å². The van der Waals surface area contributed by atoms with Gasteiger partial charge in [0.2, 0.25) is 0 Å². The van der Waals surface area contributed by atoms with Crippen molar-refractivity contribution in [2.75, 3.05) is 0 Å².